The number of imidazole rings is 1. The van der Waals surface area contributed by atoms with E-state index in [1.54, 1.807) is 0 Å². The van der Waals surface area contributed by atoms with Crippen LogP contribution in [-0.4, -0.2) is 58.1 Å². The van der Waals surface area contributed by atoms with Crippen LogP contribution in [-0.2, 0) is 16.1 Å². The number of rotatable bonds is 6. The Labute approximate surface area is 241 Å². The molecule has 2 aliphatic carbocycles. The molecule has 0 bridgehead atoms. The SMILES string of the molecule is O=C1CC(c2nc3ccccc3n2CC(=O)N(C2CCCCC2)C2CCCCC2)CN1c1ccc2c(c1)OCCO2. The summed E-state index contributed by atoms with van der Waals surface area (Å²) in [6.45, 7) is 1.83. The van der Waals surface area contributed by atoms with Gasteiger partial charge in [0.25, 0.3) is 0 Å². The number of hydrogen-bond acceptors (Lipinski definition) is 5. The van der Waals surface area contributed by atoms with Crippen molar-refractivity contribution in [3.05, 3.63) is 48.3 Å². The average Bonchev–Trinajstić information content (AvgIpc) is 3.58. The Morgan fingerprint density at radius 1 is 0.878 bits per heavy atom. The molecule has 8 nitrogen and oxygen atoms in total. The van der Waals surface area contributed by atoms with Crippen LogP contribution in [0.2, 0.25) is 0 Å². The van der Waals surface area contributed by atoms with Crippen molar-refractivity contribution >= 4 is 28.5 Å². The van der Waals surface area contributed by atoms with Crippen LogP contribution in [0.4, 0.5) is 5.69 Å². The minimum atomic E-state index is -0.103. The van der Waals surface area contributed by atoms with Crippen molar-refractivity contribution in [2.24, 2.45) is 0 Å². The first-order valence-electron chi connectivity index (χ1n) is 15.6. The third kappa shape index (κ3) is 5.17. The molecule has 1 atom stereocenters. The Bertz CT molecular complexity index is 1400. The zero-order valence-corrected chi connectivity index (χ0v) is 23.8. The molecule has 1 saturated heterocycles. The lowest BCUT2D eigenvalue weighted by Gasteiger charge is -2.42. The van der Waals surface area contributed by atoms with Gasteiger partial charge in [0.15, 0.2) is 11.5 Å². The lowest BCUT2D eigenvalue weighted by molar-refractivity contribution is -0.138. The van der Waals surface area contributed by atoms with E-state index in [4.69, 9.17) is 14.5 Å². The quantitative estimate of drug-likeness (QED) is 0.382. The summed E-state index contributed by atoms with van der Waals surface area (Å²) in [5.41, 5.74) is 2.65. The highest BCUT2D eigenvalue weighted by Gasteiger charge is 2.37. The first kappa shape index (κ1) is 26.4. The van der Waals surface area contributed by atoms with Gasteiger partial charge in [0, 0.05) is 42.7 Å². The van der Waals surface area contributed by atoms with Crippen LogP contribution in [0, 0.1) is 0 Å². The van der Waals surface area contributed by atoms with Gasteiger partial charge in [0.2, 0.25) is 11.8 Å². The maximum atomic E-state index is 14.3. The molecule has 2 aromatic carbocycles. The molecule has 8 heteroatoms. The van der Waals surface area contributed by atoms with E-state index in [0.717, 1.165) is 48.2 Å². The third-order valence-corrected chi connectivity index (χ3v) is 9.53. The van der Waals surface area contributed by atoms with Gasteiger partial charge in [-0.05, 0) is 49.9 Å². The fourth-order valence-electron chi connectivity index (χ4n) is 7.54. The van der Waals surface area contributed by atoms with Gasteiger partial charge in [-0.15, -0.1) is 0 Å². The minimum Gasteiger partial charge on any atom is -0.486 e. The van der Waals surface area contributed by atoms with Crippen molar-refractivity contribution in [3.8, 4) is 11.5 Å². The highest BCUT2D eigenvalue weighted by molar-refractivity contribution is 5.97. The zero-order chi connectivity index (χ0) is 27.8. The maximum absolute atomic E-state index is 14.3. The molecular weight excluding hydrogens is 516 g/mol. The van der Waals surface area contributed by atoms with Gasteiger partial charge in [-0.1, -0.05) is 50.7 Å². The highest BCUT2D eigenvalue weighted by atomic mass is 16.6. The van der Waals surface area contributed by atoms with Crippen molar-refractivity contribution in [3.63, 3.8) is 0 Å². The fraction of sp³-hybridized carbons (Fsp3) is 0.545. The van der Waals surface area contributed by atoms with Crippen LogP contribution in [0.1, 0.15) is 82.4 Å². The fourth-order valence-corrected chi connectivity index (χ4v) is 7.54. The molecule has 41 heavy (non-hydrogen) atoms. The zero-order valence-electron chi connectivity index (χ0n) is 23.8. The number of hydrogen-bond donors (Lipinski definition) is 0. The smallest absolute Gasteiger partial charge is 0.243 e. The summed E-state index contributed by atoms with van der Waals surface area (Å²) < 4.78 is 13.6. The molecule has 3 heterocycles. The Balaban J connectivity index is 1.18. The Hall–Kier alpha value is -3.55. The number of anilines is 1. The summed E-state index contributed by atoms with van der Waals surface area (Å²) in [5, 5.41) is 0. The largest absolute Gasteiger partial charge is 0.486 e. The number of aromatic nitrogens is 2. The first-order valence-corrected chi connectivity index (χ1v) is 15.6. The van der Waals surface area contributed by atoms with Crippen molar-refractivity contribution < 1.29 is 19.1 Å². The van der Waals surface area contributed by atoms with E-state index >= 15 is 0 Å². The summed E-state index contributed by atoms with van der Waals surface area (Å²) in [4.78, 5) is 36.8. The minimum absolute atomic E-state index is 0.0580. The molecule has 2 amide bonds. The first-order chi connectivity index (χ1) is 20.2. The molecule has 0 N–H and O–H groups in total. The number of nitrogens with zero attached hydrogens (tertiary/aromatic N) is 4. The standard InChI is InChI=1S/C33H40N4O4/c38-31-19-23(21-35(31)26-15-16-29-30(20-26)41-18-17-40-29)33-34-27-13-7-8-14-28(27)36(33)22-32(39)37(24-9-3-1-4-10-24)25-11-5-2-6-12-25/h7-8,13-16,20,23-25H,1-6,9-12,17-19,21-22H2. The summed E-state index contributed by atoms with van der Waals surface area (Å²) in [5.74, 6) is 2.38. The number of amides is 2. The van der Waals surface area contributed by atoms with E-state index in [9.17, 15) is 9.59 Å². The Kier molecular flexibility index (Phi) is 7.31. The molecule has 2 saturated carbocycles. The summed E-state index contributed by atoms with van der Waals surface area (Å²) in [7, 11) is 0. The molecule has 1 aromatic heterocycles. The van der Waals surface area contributed by atoms with Gasteiger partial charge in [-0.25, -0.2) is 4.98 Å². The number of ether oxygens (including phenoxy) is 2. The lowest BCUT2D eigenvalue weighted by atomic mass is 9.88. The number of carbonyl (C=O) groups is 2. The number of fused-ring (bicyclic) bond motifs is 2. The van der Waals surface area contributed by atoms with Crippen LogP contribution in [0.3, 0.4) is 0 Å². The molecule has 2 aliphatic heterocycles. The number of carbonyl (C=O) groups excluding carboxylic acids is 2. The van der Waals surface area contributed by atoms with Gasteiger partial charge >= 0.3 is 0 Å². The Morgan fingerprint density at radius 3 is 2.29 bits per heavy atom. The van der Waals surface area contributed by atoms with E-state index in [-0.39, 0.29) is 24.3 Å². The highest BCUT2D eigenvalue weighted by Crippen LogP contribution is 2.38. The maximum Gasteiger partial charge on any atom is 0.243 e. The molecule has 0 radical (unpaired) electrons. The van der Waals surface area contributed by atoms with Crippen molar-refractivity contribution in [2.45, 2.75) is 95.2 Å². The summed E-state index contributed by atoms with van der Waals surface area (Å²) in [6, 6.07) is 14.4. The van der Waals surface area contributed by atoms with Crippen molar-refractivity contribution in [1.29, 1.82) is 0 Å². The molecule has 3 aromatic rings. The molecule has 0 spiro atoms. The van der Waals surface area contributed by atoms with E-state index < -0.39 is 0 Å². The summed E-state index contributed by atoms with van der Waals surface area (Å²) >= 11 is 0. The predicted octanol–water partition coefficient (Wildman–Crippen LogP) is 5.82. The topological polar surface area (TPSA) is 76.9 Å². The van der Waals surface area contributed by atoms with Crippen LogP contribution in [0.25, 0.3) is 11.0 Å². The second-order valence-electron chi connectivity index (χ2n) is 12.2. The van der Waals surface area contributed by atoms with Crippen LogP contribution >= 0.6 is 0 Å². The van der Waals surface area contributed by atoms with Gasteiger partial charge in [-0.3, -0.25) is 9.59 Å². The van der Waals surface area contributed by atoms with E-state index in [1.165, 1.54) is 38.5 Å². The molecule has 216 valence electrons. The van der Waals surface area contributed by atoms with E-state index in [0.29, 0.717) is 49.8 Å². The molecule has 1 unspecified atom stereocenters. The van der Waals surface area contributed by atoms with Gasteiger partial charge in [-0.2, -0.15) is 0 Å². The van der Waals surface area contributed by atoms with Crippen LogP contribution in [0.15, 0.2) is 42.5 Å². The van der Waals surface area contributed by atoms with Gasteiger partial charge < -0.3 is 23.8 Å². The second-order valence-corrected chi connectivity index (χ2v) is 12.2. The predicted molar refractivity (Wildman–Crippen MR) is 157 cm³/mol. The third-order valence-electron chi connectivity index (χ3n) is 9.53. The van der Waals surface area contributed by atoms with Crippen LogP contribution < -0.4 is 14.4 Å². The molecular formula is C33H40N4O4. The second kappa shape index (κ2) is 11.4. The van der Waals surface area contributed by atoms with Crippen molar-refractivity contribution in [1.82, 2.24) is 14.5 Å². The number of benzene rings is 2. The summed E-state index contributed by atoms with van der Waals surface area (Å²) in [6.07, 6.45) is 12.2. The van der Waals surface area contributed by atoms with Crippen LogP contribution in [0.5, 0.6) is 11.5 Å². The number of para-hydroxylation sites is 2. The van der Waals surface area contributed by atoms with E-state index in [1.807, 2.05) is 41.3 Å². The normalized spacial score (nSPS) is 21.9. The lowest BCUT2D eigenvalue weighted by Crippen LogP contribution is -2.50. The van der Waals surface area contributed by atoms with E-state index in [2.05, 4.69) is 15.5 Å². The van der Waals surface area contributed by atoms with Gasteiger partial charge in [0.05, 0.1) is 11.0 Å². The van der Waals surface area contributed by atoms with Crippen molar-refractivity contribution in [2.75, 3.05) is 24.7 Å². The monoisotopic (exact) mass is 556 g/mol. The molecule has 3 fully saturated rings. The average molecular weight is 557 g/mol. The molecule has 4 aliphatic rings. The van der Waals surface area contributed by atoms with Gasteiger partial charge in [0.1, 0.15) is 25.6 Å². The Morgan fingerprint density at radius 2 is 1.56 bits per heavy atom. The molecule has 7 rings (SSSR count).